The number of para-hydroxylation sites is 4. The standard InChI is InChI=1S/C57H37N5/c1-4-19-38(20-5-1)41-35-36-46-44-27-12-16-32-50(44)62(53(46)37-41)51-33-17-13-28-45(51)47-29-18-34-52(61-48-30-14-10-25-42(48)43-26-11-15-31-49(43)61)54(47)57-59-55(39-21-6-2-7-22-39)58-56(60-57)40-23-8-3-9-24-40/h1-37H. The molecule has 290 valence electrons. The van der Waals surface area contributed by atoms with E-state index in [4.69, 9.17) is 15.0 Å². The number of hydrogen-bond acceptors (Lipinski definition) is 3. The van der Waals surface area contributed by atoms with Crippen LogP contribution in [0.15, 0.2) is 224 Å². The van der Waals surface area contributed by atoms with Crippen molar-refractivity contribution in [3.63, 3.8) is 0 Å². The highest BCUT2D eigenvalue weighted by atomic mass is 15.1. The Kier molecular flexibility index (Phi) is 8.42. The topological polar surface area (TPSA) is 48.5 Å². The molecule has 0 aliphatic heterocycles. The lowest BCUT2D eigenvalue weighted by Crippen LogP contribution is -2.06. The van der Waals surface area contributed by atoms with Gasteiger partial charge in [-0.15, -0.1) is 0 Å². The average Bonchev–Trinajstić information content (AvgIpc) is 3.87. The number of hydrogen-bond donors (Lipinski definition) is 0. The third-order valence-electron chi connectivity index (χ3n) is 12.0. The number of aromatic nitrogens is 5. The summed E-state index contributed by atoms with van der Waals surface area (Å²) in [7, 11) is 0. The normalized spacial score (nSPS) is 11.5. The Morgan fingerprint density at radius 3 is 1.26 bits per heavy atom. The smallest absolute Gasteiger partial charge is 0.166 e. The van der Waals surface area contributed by atoms with Crippen LogP contribution in [0.5, 0.6) is 0 Å². The van der Waals surface area contributed by atoms with Gasteiger partial charge in [-0.25, -0.2) is 15.0 Å². The number of nitrogens with zero attached hydrogens (tertiary/aromatic N) is 5. The molecule has 0 spiro atoms. The molecule has 0 aliphatic rings. The van der Waals surface area contributed by atoms with Crippen LogP contribution in [0, 0.1) is 0 Å². The molecule has 9 aromatic carbocycles. The fourth-order valence-electron chi connectivity index (χ4n) is 9.23. The summed E-state index contributed by atoms with van der Waals surface area (Å²) in [4.78, 5) is 15.9. The van der Waals surface area contributed by atoms with Crippen LogP contribution in [-0.2, 0) is 0 Å². The molecular formula is C57H37N5. The lowest BCUT2D eigenvalue weighted by atomic mass is 9.95. The minimum Gasteiger partial charge on any atom is -0.309 e. The average molecular weight is 792 g/mol. The van der Waals surface area contributed by atoms with Crippen molar-refractivity contribution in [3.05, 3.63) is 224 Å². The van der Waals surface area contributed by atoms with Crippen molar-refractivity contribution in [1.29, 1.82) is 0 Å². The van der Waals surface area contributed by atoms with E-state index in [0.29, 0.717) is 17.5 Å². The zero-order chi connectivity index (χ0) is 41.0. The van der Waals surface area contributed by atoms with Gasteiger partial charge in [-0.3, -0.25) is 0 Å². The van der Waals surface area contributed by atoms with E-state index in [2.05, 4.69) is 197 Å². The van der Waals surface area contributed by atoms with Gasteiger partial charge in [-0.2, -0.15) is 0 Å². The maximum Gasteiger partial charge on any atom is 0.166 e. The summed E-state index contributed by atoms with van der Waals surface area (Å²) in [6.07, 6.45) is 0. The van der Waals surface area contributed by atoms with Crippen molar-refractivity contribution in [3.8, 4) is 67.8 Å². The summed E-state index contributed by atoms with van der Waals surface area (Å²) in [6.45, 7) is 0. The Bertz CT molecular complexity index is 3510. The second-order valence-corrected chi connectivity index (χ2v) is 15.6. The largest absolute Gasteiger partial charge is 0.309 e. The van der Waals surface area contributed by atoms with Crippen LogP contribution in [0.3, 0.4) is 0 Å². The Balaban J connectivity index is 1.20. The van der Waals surface area contributed by atoms with Crippen LogP contribution in [0.25, 0.3) is 111 Å². The number of rotatable bonds is 7. The summed E-state index contributed by atoms with van der Waals surface area (Å²) < 4.78 is 4.81. The van der Waals surface area contributed by atoms with E-state index in [9.17, 15) is 0 Å². The van der Waals surface area contributed by atoms with Crippen molar-refractivity contribution < 1.29 is 0 Å². The molecule has 0 radical (unpaired) electrons. The van der Waals surface area contributed by atoms with Crippen molar-refractivity contribution in [2.75, 3.05) is 0 Å². The number of benzene rings is 9. The van der Waals surface area contributed by atoms with Crippen LogP contribution in [0.2, 0.25) is 0 Å². The zero-order valence-electron chi connectivity index (χ0n) is 33.6. The summed E-state index contributed by atoms with van der Waals surface area (Å²) in [6, 6.07) is 79.3. The molecule has 5 nitrogen and oxygen atoms in total. The van der Waals surface area contributed by atoms with Gasteiger partial charge in [0.15, 0.2) is 17.5 Å². The van der Waals surface area contributed by atoms with E-state index in [-0.39, 0.29) is 0 Å². The molecule has 3 aromatic heterocycles. The Labute approximate surface area is 358 Å². The second kappa shape index (κ2) is 14.7. The molecule has 12 rings (SSSR count). The van der Waals surface area contributed by atoms with Gasteiger partial charge >= 0.3 is 0 Å². The molecule has 0 amide bonds. The fourth-order valence-corrected chi connectivity index (χ4v) is 9.23. The minimum atomic E-state index is 0.591. The third-order valence-corrected chi connectivity index (χ3v) is 12.0. The van der Waals surface area contributed by atoms with Crippen molar-refractivity contribution >= 4 is 43.6 Å². The summed E-state index contributed by atoms with van der Waals surface area (Å²) in [5.74, 6) is 1.82. The van der Waals surface area contributed by atoms with E-state index in [0.717, 1.165) is 61.3 Å². The highest BCUT2D eigenvalue weighted by molar-refractivity contribution is 6.12. The first kappa shape index (κ1) is 35.5. The zero-order valence-corrected chi connectivity index (χ0v) is 33.6. The Hall–Kier alpha value is -8.41. The Morgan fingerprint density at radius 1 is 0.258 bits per heavy atom. The van der Waals surface area contributed by atoms with Gasteiger partial charge in [0.25, 0.3) is 0 Å². The maximum atomic E-state index is 5.41. The minimum absolute atomic E-state index is 0.591. The SMILES string of the molecule is c1ccc(-c2ccc3c4ccccc4n(-c4ccccc4-c4cccc(-n5c6ccccc6c6ccccc65)c4-c4nc(-c5ccccc5)nc(-c5ccccc5)n4)c3c2)cc1. The van der Waals surface area contributed by atoms with Gasteiger partial charge in [0.05, 0.1) is 39.0 Å². The first-order chi connectivity index (χ1) is 30.8. The maximum absolute atomic E-state index is 5.41. The summed E-state index contributed by atoms with van der Waals surface area (Å²) in [5, 5.41) is 4.77. The van der Waals surface area contributed by atoms with Crippen molar-refractivity contribution in [2.24, 2.45) is 0 Å². The van der Waals surface area contributed by atoms with E-state index >= 15 is 0 Å². The van der Waals surface area contributed by atoms with Crippen LogP contribution in [0.4, 0.5) is 0 Å². The van der Waals surface area contributed by atoms with E-state index in [1.165, 1.54) is 32.7 Å². The summed E-state index contributed by atoms with van der Waals surface area (Å²) in [5.41, 5.74) is 13.7. The highest BCUT2D eigenvalue weighted by Gasteiger charge is 2.25. The van der Waals surface area contributed by atoms with Crippen molar-refractivity contribution in [1.82, 2.24) is 24.1 Å². The molecule has 0 saturated heterocycles. The van der Waals surface area contributed by atoms with Gasteiger partial charge < -0.3 is 9.13 Å². The first-order valence-corrected chi connectivity index (χ1v) is 21.0. The van der Waals surface area contributed by atoms with Crippen LogP contribution in [-0.4, -0.2) is 24.1 Å². The molecule has 62 heavy (non-hydrogen) atoms. The van der Waals surface area contributed by atoms with Crippen LogP contribution in [0.1, 0.15) is 0 Å². The number of fused-ring (bicyclic) bond motifs is 6. The van der Waals surface area contributed by atoms with Crippen molar-refractivity contribution in [2.45, 2.75) is 0 Å². The lowest BCUT2D eigenvalue weighted by Gasteiger charge is -2.20. The monoisotopic (exact) mass is 791 g/mol. The molecular weight excluding hydrogens is 755 g/mol. The van der Waals surface area contributed by atoms with Gasteiger partial charge in [0.1, 0.15) is 0 Å². The molecule has 0 N–H and O–H groups in total. The summed E-state index contributed by atoms with van der Waals surface area (Å²) >= 11 is 0. The van der Waals surface area contributed by atoms with E-state index < -0.39 is 0 Å². The van der Waals surface area contributed by atoms with Gasteiger partial charge in [-0.1, -0.05) is 188 Å². The van der Waals surface area contributed by atoms with Gasteiger partial charge in [-0.05, 0) is 53.1 Å². The molecule has 0 fully saturated rings. The van der Waals surface area contributed by atoms with E-state index in [1.807, 2.05) is 36.4 Å². The predicted molar refractivity (Wildman–Crippen MR) is 256 cm³/mol. The first-order valence-electron chi connectivity index (χ1n) is 21.0. The molecule has 0 saturated carbocycles. The van der Waals surface area contributed by atoms with Crippen LogP contribution < -0.4 is 0 Å². The molecule has 0 unspecified atom stereocenters. The second-order valence-electron chi connectivity index (χ2n) is 15.6. The molecule has 3 heterocycles. The predicted octanol–water partition coefficient (Wildman–Crippen LogP) is 14.4. The van der Waals surface area contributed by atoms with E-state index in [1.54, 1.807) is 0 Å². The fraction of sp³-hybridized carbons (Fsp3) is 0. The molecule has 5 heteroatoms. The van der Waals surface area contributed by atoms with Gasteiger partial charge in [0, 0.05) is 38.2 Å². The van der Waals surface area contributed by atoms with Gasteiger partial charge in [0.2, 0.25) is 0 Å². The Morgan fingerprint density at radius 2 is 0.677 bits per heavy atom. The third kappa shape index (κ3) is 5.82. The molecule has 12 aromatic rings. The van der Waals surface area contributed by atoms with Crippen LogP contribution >= 0.6 is 0 Å². The quantitative estimate of drug-likeness (QED) is 0.162. The lowest BCUT2D eigenvalue weighted by molar-refractivity contribution is 1.06. The molecule has 0 bridgehead atoms. The molecule has 0 aliphatic carbocycles. The molecule has 0 atom stereocenters. The highest BCUT2D eigenvalue weighted by Crippen LogP contribution is 2.44.